The van der Waals surface area contributed by atoms with Gasteiger partial charge in [0.15, 0.2) is 0 Å². The number of thiazole rings is 1. The molecule has 0 radical (unpaired) electrons. The van der Waals surface area contributed by atoms with Crippen LogP contribution in [0.25, 0.3) is 21.8 Å². The summed E-state index contributed by atoms with van der Waals surface area (Å²) >= 11 is 1.48. The normalized spacial score (nSPS) is 11.1. The lowest BCUT2D eigenvalue weighted by atomic mass is 9.98. The van der Waals surface area contributed by atoms with E-state index in [2.05, 4.69) is 28.8 Å². The van der Waals surface area contributed by atoms with Gasteiger partial charge < -0.3 is 4.98 Å². The Labute approximate surface area is 132 Å². The van der Waals surface area contributed by atoms with Gasteiger partial charge in [-0.05, 0) is 36.6 Å². The zero-order valence-electron chi connectivity index (χ0n) is 12.8. The molecule has 3 aromatic heterocycles. The van der Waals surface area contributed by atoms with Crippen molar-refractivity contribution in [3.63, 3.8) is 0 Å². The highest BCUT2D eigenvalue weighted by atomic mass is 32.1. The molecule has 3 aromatic rings. The van der Waals surface area contributed by atoms with Crippen molar-refractivity contribution in [2.24, 2.45) is 0 Å². The summed E-state index contributed by atoms with van der Waals surface area (Å²) in [6.45, 7) is 6.16. The van der Waals surface area contributed by atoms with Gasteiger partial charge in [-0.3, -0.25) is 9.78 Å². The van der Waals surface area contributed by atoms with Gasteiger partial charge in [0, 0.05) is 29.0 Å². The maximum atomic E-state index is 12.1. The van der Waals surface area contributed by atoms with Gasteiger partial charge in [-0.15, -0.1) is 11.3 Å². The average Bonchev–Trinajstić information content (AvgIpc) is 2.96. The van der Waals surface area contributed by atoms with Crippen molar-refractivity contribution in [2.45, 2.75) is 26.7 Å². The van der Waals surface area contributed by atoms with Crippen LogP contribution in [0.1, 0.15) is 31.0 Å². The molecule has 0 aliphatic heterocycles. The predicted molar refractivity (Wildman–Crippen MR) is 90.2 cm³/mol. The van der Waals surface area contributed by atoms with Crippen molar-refractivity contribution in [3.8, 4) is 21.8 Å². The van der Waals surface area contributed by atoms with Crippen molar-refractivity contribution in [2.75, 3.05) is 0 Å². The Morgan fingerprint density at radius 3 is 2.73 bits per heavy atom. The smallest absolute Gasteiger partial charge is 0.258 e. The Hall–Kier alpha value is -2.27. The topological polar surface area (TPSA) is 58.6 Å². The van der Waals surface area contributed by atoms with Gasteiger partial charge in [0.2, 0.25) is 0 Å². The summed E-state index contributed by atoms with van der Waals surface area (Å²) in [7, 11) is 0. The molecule has 0 amide bonds. The molecule has 0 spiro atoms. The molecular formula is C17H17N3OS. The van der Waals surface area contributed by atoms with E-state index in [0.717, 1.165) is 22.0 Å². The fourth-order valence-corrected chi connectivity index (χ4v) is 3.23. The van der Waals surface area contributed by atoms with Crippen LogP contribution in [-0.2, 0) is 0 Å². The lowest BCUT2D eigenvalue weighted by Gasteiger charge is -2.09. The number of H-pyrrole nitrogens is 1. The molecule has 0 aromatic carbocycles. The van der Waals surface area contributed by atoms with Gasteiger partial charge >= 0.3 is 0 Å². The van der Waals surface area contributed by atoms with Gasteiger partial charge in [-0.25, -0.2) is 4.98 Å². The van der Waals surface area contributed by atoms with Crippen LogP contribution >= 0.6 is 11.3 Å². The SMILES string of the molecule is Cc1ccc(-c2nc(-c3cnccc3C(C)C)cs2)c(=O)[nH]1. The highest BCUT2D eigenvalue weighted by molar-refractivity contribution is 7.13. The molecule has 0 bridgehead atoms. The standard InChI is InChI=1S/C17H17N3OS/c1-10(2)12-6-7-18-8-14(12)15-9-22-17(20-15)13-5-4-11(3)19-16(13)21/h4-10H,1-3H3,(H,19,21). The first-order valence-corrected chi connectivity index (χ1v) is 8.04. The maximum absolute atomic E-state index is 12.1. The molecular weight excluding hydrogens is 294 g/mol. The third kappa shape index (κ3) is 2.72. The summed E-state index contributed by atoms with van der Waals surface area (Å²) in [5, 5.41) is 2.71. The van der Waals surface area contributed by atoms with E-state index in [4.69, 9.17) is 0 Å². The number of aryl methyl sites for hydroxylation is 1. The number of aromatic nitrogens is 3. The van der Waals surface area contributed by atoms with Crippen molar-refractivity contribution in [3.05, 3.63) is 57.6 Å². The van der Waals surface area contributed by atoms with Gasteiger partial charge in [0.1, 0.15) is 5.01 Å². The summed E-state index contributed by atoms with van der Waals surface area (Å²) in [5.41, 5.74) is 4.47. The minimum atomic E-state index is -0.101. The summed E-state index contributed by atoms with van der Waals surface area (Å²) < 4.78 is 0. The van der Waals surface area contributed by atoms with Crippen molar-refractivity contribution < 1.29 is 0 Å². The number of hydrogen-bond donors (Lipinski definition) is 1. The molecule has 3 heterocycles. The summed E-state index contributed by atoms with van der Waals surface area (Å²) in [4.78, 5) is 23.7. The highest BCUT2D eigenvalue weighted by Gasteiger charge is 2.14. The lowest BCUT2D eigenvalue weighted by Crippen LogP contribution is -2.09. The van der Waals surface area contributed by atoms with E-state index < -0.39 is 0 Å². The number of nitrogens with one attached hydrogen (secondary N) is 1. The quantitative estimate of drug-likeness (QED) is 0.795. The van der Waals surface area contributed by atoms with Gasteiger partial charge in [-0.2, -0.15) is 0 Å². The first kappa shape index (κ1) is 14.7. The molecule has 0 unspecified atom stereocenters. The molecule has 1 N–H and O–H groups in total. The second-order valence-corrected chi connectivity index (χ2v) is 6.40. The maximum Gasteiger partial charge on any atom is 0.258 e. The molecule has 0 atom stereocenters. The van der Waals surface area contributed by atoms with Crippen LogP contribution in [-0.4, -0.2) is 15.0 Å². The van der Waals surface area contributed by atoms with Gasteiger partial charge in [0.05, 0.1) is 11.3 Å². The zero-order valence-corrected chi connectivity index (χ0v) is 13.6. The third-order valence-corrected chi connectivity index (χ3v) is 4.42. The molecule has 0 aliphatic rings. The summed E-state index contributed by atoms with van der Waals surface area (Å²) in [5.74, 6) is 0.394. The second kappa shape index (κ2) is 5.85. The van der Waals surface area contributed by atoms with Crippen LogP contribution in [0.15, 0.2) is 40.8 Å². The molecule has 0 saturated carbocycles. The second-order valence-electron chi connectivity index (χ2n) is 5.54. The van der Waals surface area contributed by atoms with Crippen molar-refractivity contribution >= 4 is 11.3 Å². The van der Waals surface area contributed by atoms with Crippen molar-refractivity contribution in [1.82, 2.24) is 15.0 Å². The Balaban J connectivity index is 2.07. The van der Waals surface area contributed by atoms with Crippen LogP contribution in [0.3, 0.4) is 0 Å². The Kier molecular flexibility index (Phi) is 3.90. The molecule has 4 nitrogen and oxygen atoms in total. The number of aromatic amines is 1. The van der Waals surface area contributed by atoms with E-state index in [1.54, 1.807) is 6.20 Å². The van der Waals surface area contributed by atoms with E-state index in [9.17, 15) is 4.79 Å². The molecule has 22 heavy (non-hydrogen) atoms. The monoisotopic (exact) mass is 311 g/mol. The largest absolute Gasteiger partial charge is 0.326 e. The first-order valence-electron chi connectivity index (χ1n) is 7.16. The minimum absolute atomic E-state index is 0.101. The van der Waals surface area contributed by atoms with E-state index >= 15 is 0 Å². The van der Waals surface area contributed by atoms with E-state index in [1.807, 2.05) is 36.7 Å². The fourth-order valence-electron chi connectivity index (χ4n) is 2.38. The summed E-state index contributed by atoms with van der Waals surface area (Å²) in [6, 6.07) is 5.74. The van der Waals surface area contributed by atoms with Gasteiger partial charge in [0.25, 0.3) is 5.56 Å². The first-order chi connectivity index (χ1) is 10.6. The Morgan fingerprint density at radius 1 is 1.18 bits per heavy atom. The molecule has 5 heteroatoms. The summed E-state index contributed by atoms with van der Waals surface area (Å²) in [6.07, 6.45) is 3.64. The molecule has 0 saturated heterocycles. The third-order valence-electron chi connectivity index (χ3n) is 3.54. The highest BCUT2D eigenvalue weighted by Crippen LogP contribution is 2.31. The molecule has 112 valence electrons. The molecule has 3 rings (SSSR count). The fraction of sp³-hybridized carbons (Fsp3) is 0.235. The number of nitrogens with zero attached hydrogens (tertiary/aromatic N) is 2. The van der Waals surface area contributed by atoms with E-state index in [1.165, 1.54) is 16.9 Å². The number of rotatable bonds is 3. The van der Waals surface area contributed by atoms with Crippen LogP contribution in [0.4, 0.5) is 0 Å². The van der Waals surface area contributed by atoms with E-state index in [0.29, 0.717) is 11.5 Å². The Morgan fingerprint density at radius 2 is 2.00 bits per heavy atom. The number of pyridine rings is 2. The molecule has 0 aliphatic carbocycles. The number of hydrogen-bond acceptors (Lipinski definition) is 4. The lowest BCUT2D eigenvalue weighted by molar-refractivity contribution is 0.864. The van der Waals surface area contributed by atoms with Crippen LogP contribution in [0, 0.1) is 6.92 Å². The minimum Gasteiger partial charge on any atom is -0.326 e. The van der Waals surface area contributed by atoms with E-state index in [-0.39, 0.29) is 5.56 Å². The zero-order chi connectivity index (χ0) is 15.7. The Bertz CT molecular complexity index is 864. The van der Waals surface area contributed by atoms with Crippen LogP contribution < -0.4 is 5.56 Å². The molecule has 0 fully saturated rings. The average molecular weight is 311 g/mol. The van der Waals surface area contributed by atoms with Gasteiger partial charge in [-0.1, -0.05) is 13.8 Å². The van der Waals surface area contributed by atoms with Crippen LogP contribution in [0.2, 0.25) is 0 Å². The predicted octanol–water partition coefficient (Wildman–Crippen LogP) is 3.99. The van der Waals surface area contributed by atoms with Crippen LogP contribution in [0.5, 0.6) is 0 Å². The van der Waals surface area contributed by atoms with Crippen molar-refractivity contribution in [1.29, 1.82) is 0 Å².